The van der Waals surface area contributed by atoms with Gasteiger partial charge >= 0.3 is 0 Å². The fourth-order valence-corrected chi connectivity index (χ4v) is 5.90. The lowest BCUT2D eigenvalue weighted by molar-refractivity contribution is -0.127. The molecule has 1 N–H and O–H groups in total. The number of aryl methyl sites for hydroxylation is 1. The molecule has 3 aromatic carbocycles. The van der Waals surface area contributed by atoms with Crippen molar-refractivity contribution in [3.8, 4) is 0 Å². The molecule has 1 unspecified atom stereocenters. The lowest BCUT2D eigenvalue weighted by atomic mass is 10.0. The quantitative estimate of drug-likeness (QED) is 0.293. The van der Waals surface area contributed by atoms with Gasteiger partial charge < -0.3 is 5.32 Å². The molecule has 11 heteroatoms. The van der Waals surface area contributed by atoms with Crippen molar-refractivity contribution in [3.05, 3.63) is 90.1 Å². The van der Waals surface area contributed by atoms with Crippen molar-refractivity contribution in [3.63, 3.8) is 0 Å². The first-order valence-corrected chi connectivity index (χ1v) is 14.0. The van der Waals surface area contributed by atoms with Crippen molar-refractivity contribution in [1.82, 2.24) is 3.97 Å². The Morgan fingerprint density at radius 1 is 1.02 bits per heavy atom. The molecular formula is C29H26F2N4O4S. The Morgan fingerprint density at radius 2 is 1.75 bits per heavy atom. The number of amides is 2. The van der Waals surface area contributed by atoms with Gasteiger partial charge in [-0.1, -0.05) is 42.8 Å². The largest absolute Gasteiger partial charge is 0.325 e. The second-order valence-electron chi connectivity index (χ2n) is 9.63. The van der Waals surface area contributed by atoms with E-state index >= 15 is 0 Å². The summed E-state index contributed by atoms with van der Waals surface area (Å²) in [5.41, 5.74) is 1.63. The zero-order valence-electron chi connectivity index (χ0n) is 21.9. The summed E-state index contributed by atoms with van der Waals surface area (Å²) < 4.78 is 56.1. The highest BCUT2D eigenvalue weighted by molar-refractivity contribution is 7.90. The van der Waals surface area contributed by atoms with Gasteiger partial charge in [0.1, 0.15) is 0 Å². The maximum Gasteiger partial charge on any atom is 0.273 e. The second-order valence-corrected chi connectivity index (χ2v) is 11.4. The number of halogens is 2. The van der Waals surface area contributed by atoms with Crippen LogP contribution in [0.25, 0.3) is 10.9 Å². The minimum absolute atomic E-state index is 0.115. The highest BCUT2D eigenvalue weighted by atomic mass is 32.2. The Kier molecular flexibility index (Phi) is 6.79. The van der Waals surface area contributed by atoms with Crippen molar-refractivity contribution >= 4 is 49.8 Å². The van der Waals surface area contributed by atoms with Crippen LogP contribution in [0.1, 0.15) is 31.4 Å². The standard InChI is InChI=1S/C29H26F2N4O4S/c1-4-29(30,31)21-6-5-7-22(16-21)32-27(36)26-19(3)33-35(28(26)37)23-11-10-20-14-15-34(25(20)17-23)40(38,39)24-12-8-18(2)9-13-24/h5-17,26H,4H2,1-3H3,(H,32,36). The lowest BCUT2D eigenvalue weighted by Gasteiger charge is -2.17. The van der Waals surface area contributed by atoms with Gasteiger partial charge in [-0.05, 0) is 56.3 Å². The van der Waals surface area contributed by atoms with Crippen molar-refractivity contribution < 1.29 is 26.8 Å². The molecule has 0 saturated heterocycles. The summed E-state index contributed by atoms with van der Waals surface area (Å²) in [6.07, 6.45) is 1.04. The van der Waals surface area contributed by atoms with Crippen LogP contribution in [0.4, 0.5) is 20.2 Å². The van der Waals surface area contributed by atoms with E-state index in [2.05, 4.69) is 10.4 Å². The van der Waals surface area contributed by atoms with Gasteiger partial charge in [-0.3, -0.25) is 9.59 Å². The summed E-state index contributed by atoms with van der Waals surface area (Å²) >= 11 is 0. The average molecular weight is 565 g/mol. The van der Waals surface area contributed by atoms with Gasteiger partial charge in [-0.15, -0.1) is 0 Å². The first-order valence-electron chi connectivity index (χ1n) is 12.5. The highest BCUT2D eigenvalue weighted by Crippen LogP contribution is 2.33. The Morgan fingerprint density at radius 3 is 2.45 bits per heavy atom. The molecule has 0 aliphatic carbocycles. The van der Waals surface area contributed by atoms with Gasteiger partial charge in [0.15, 0.2) is 5.92 Å². The molecule has 1 atom stereocenters. The molecular weight excluding hydrogens is 538 g/mol. The van der Waals surface area contributed by atoms with Crippen LogP contribution in [0, 0.1) is 12.8 Å². The number of nitrogens with zero attached hydrogens (tertiary/aromatic N) is 3. The number of carbonyl (C=O) groups is 2. The minimum Gasteiger partial charge on any atom is -0.325 e. The average Bonchev–Trinajstić information content (AvgIpc) is 3.49. The molecule has 0 saturated carbocycles. The number of hydrogen-bond donors (Lipinski definition) is 1. The van der Waals surface area contributed by atoms with Crippen molar-refractivity contribution in [2.45, 2.75) is 38.0 Å². The van der Waals surface area contributed by atoms with Crippen molar-refractivity contribution in [1.29, 1.82) is 0 Å². The highest BCUT2D eigenvalue weighted by Gasteiger charge is 2.40. The second kappa shape index (κ2) is 9.98. The number of hydrogen-bond acceptors (Lipinski definition) is 5. The maximum absolute atomic E-state index is 14.1. The molecule has 2 amide bonds. The van der Waals surface area contributed by atoms with Crippen LogP contribution in [-0.4, -0.2) is 29.9 Å². The Labute approximate surface area is 230 Å². The molecule has 8 nitrogen and oxygen atoms in total. The molecule has 4 aromatic rings. The third-order valence-electron chi connectivity index (χ3n) is 6.85. The Balaban J connectivity index is 1.42. The van der Waals surface area contributed by atoms with Gasteiger partial charge in [-0.25, -0.2) is 21.2 Å². The van der Waals surface area contributed by atoms with Gasteiger partial charge in [0.2, 0.25) is 5.91 Å². The Bertz CT molecular complexity index is 1780. The first kappa shape index (κ1) is 27.2. The number of alkyl halides is 2. The molecule has 0 bridgehead atoms. The molecule has 2 heterocycles. The monoisotopic (exact) mass is 564 g/mol. The summed E-state index contributed by atoms with van der Waals surface area (Å²) in [4.78, 5) is 26.5. The first-order chi connectivity index (χ1) is 18.9. The van der Waals surface area contributed by atoms with Gasteiger partial charge in [0.05, 0.1) is 21.8 Å². The van der Waals surface area contributed by atoms with E-state index in [1.165, 1.54) is 62.5 Å². The topological polar surface area (TPSA) is 101 Å². The summed E-state index contributed by atoms with van der Waals surface area (Å²) in [5.74, 6) is -5.70. The van der Waals surface area contributed by atoms with Crippen LogP contribution in [0.15, 0.2) is 89.0 Å². The predicted molar refractivity (Wildman–Crippen MR) is 149 cm³/mol. The predicted octanol–water partition coefficient (Wildman–Crippen LogP) is 5.67. The van der Waals surface area contributed by atoms with Crippen LogP contribution in [-0.2, 0) is 25.5 Å². The van der Waals surface area contributed by atoms with Crippen LogP contribution in [0.2, 0.25) is 0 Å². The van der Waals surface area contributed by atoms with E-state index in [0.717, 1.165) is 14.5 Å². The lowest BCUT2D eigenvalue weighted by Crippen LogP contribution is -2.36. The van der Waals surface area contributed by atoms with Crippen LogP contribution < -0.4 is 10.3 Å². The smallest absolute Gasteiger partial charge is 0.273 e. The number of nitrogens with one attached hydrogen (secondary N) is 1. The summed E-state index contributed by atoms with van der Waals surface area (Å²) in [5, 5.41) is 8.49. The van der Waals surface area contributed by atoms with Crippen LogP contribution >= 0.6 is 0 Å². The zero-order valence-corrected chi connectivity index (χ0v) is 22.7. The van der Waals surface area contributed by atoms with Gasteiger partial charge in [0.25, 0.3) is 21.9 Å². The van der Waals surface area contributed by atoms with Crippen LogP contribution in [0.5, 0.6) is 0 Å². The molecule has 0 radical (unpaired) electrons. The third-order valence-corrected chi connectivity index (χ3v) is 8.56. The molecule has 1 aliphatic heterocycles. The van der Waals surface area contributed by atoms with Gasteiger partial charge in [0, 0.05) is 29.3 Å². The van der Waals surface area contributed by atoms with E-state index in [0.29, 0.717) is 10.9 Å². The number of aromatic nitrogens is 1. The van der Waals surface area contributed by atoms with E-state index in [1.807, 2.05) is 6.92 Å². The molecule has 40 heavy (non-hydrogen) atoms. The van der Waals surface area contributed by atoms with Crippen LogP contribution in [0.3, 0.4) is 0 Å². The van der Waals surface area contributed by atoms with E-state index < -0.39 is 40.1 Å². The van der Waals surface area contributed by atoms with Crippen molar-refractivity contribution in [2.75, 3.05) is 10.3 Å². The van der Waals surface area contributed by atoms with E-state index in [4.69, 9.17) is 0 Å². The fourth-order valence-electron chi connectivity index (χ4n) is 4.55. The maximum atomic E-state index is 14.1. The van der Waals surface area contributed by atoms with E-state index in [1.54, 1.807) is 30.3 Å². The Hall–Kier alpha value is -4.38. The minimum atomic E-state index is -3.92. The summed E-state index contributed by atoms with van der Waals surface area (Å²) in [6, 6.07) is 18.3. The molecule has 206 valence electrons. The number of anilines is 2. The zero-order chi connectivity index (χ0) is 28.8. The molecule has 5 rings (SSSR count). The third kappa shape index (κ3) is 4.77. The SMILES string of the molecule is CCC(F)(F)c1cccc(NC(=O)C2C(=O)N(c3ccc4ccn(S(=O)(=O)c5ccc(C)cc5)c4c3)N=C2C)c1. The molecule has 0 spiro atoms. The summed E-state index contributed by atoms with van der Waals surface area (Å²) in [6.45, 7) is 4.74. The van der Waals surface area contributed by atoms with Gasteiger partial charge in [-0.2, -0.15) is 10.1 Å². The number of hydrazone groups is 1. The molecule has 1 aliphatic rings. The molecule has 0 fully saturated rings. The number of benzene rings is 3. The summed E-state index contributed by atoms with van der Waals surface area (Å²) in [7, 11) is -3.92. The number of carbonyl (C=O) groups excluding carboxylic acids is 2. The van der Waals surface area contributed by atoms with E-state index in [9.17, 15) is 26.8 Å². The van der Waals surface area contributed by atoms with E-state index in [-0.39, 0.29) is 27.5 Å². The normalized spacial score (nSPS) is 15.9. The fraction of sp³-hybridized carbons (Fsp3) is 0.207. The van der Waals surface area contributed by atoms with Crippen molar-refractivity contribution in [2.24, 2.45) is 11.0 Å². The number of rotatable bonds is 7. The number of fused-ring (bicyclic) bond motifs is 1. The molecule has 1 aromatic heterocycles.